The van der Waals surface area contributed by atoms with Gasteiger partial charge in [-0.1, -0.05) is 54.6 Å². The van der Waals surface area contributed by atoms with Crippen molar-refractivity contribution in [1.29, 1.82) is 0 Å². The highest BCUT2D eigenvalue weighted by Crippen LogP contribution is 2.44. The minimum atomic E-state index is -1.05. The first-order chi connectivity index (χ1) is 17.5. The van der Waals surface area contributed by atoms with Crippen LogP contribution >= 0.6 is 0 Å². The van der Waals surface area contributed by atoms with E-state index in [0.717, 1.165) is 22.3 Å². The number of benzene rings is 3. The summed E-state index contributed by atoms with van der Waals surface area (Å²) < 4.78 is 21.7. The zero-order chi connectivity index (χ0) is 25.7. The van der Waals surface area contributed by atoms with E-state index in [4.69, 9.17) is 18.9 Å². The molecule has 4 rings (SSSR count). The molecule has 0 radical (unpaired) electrons. The van der Waals surface area contributed by atoms with Gasteiger partial charge in [-0.05, 0) is 40.3 Å². The Bertz CT molecular complexity index is 1210. The fourth-order valence-corrected chi connectivity index (χ4v) is 4.69. The molecule has 1 atom stereocenters. The first-order valence-corrected chi connectivity index (χ1v) is 11.6. The molecular weight excluding hydrogens is 462 g/mol. The van der Waals surface area contributed by atoms with E-state index in [0.29, 0.717) is 22.8 Å². The smallest absolute Gasteiger partial charge is 0.407 e. The van der Waals surface area contributed by atoms with Crippen LogP contribution in [0.4, 0.5) is 4.79 Å². The summed E-state index contributed by atoms with van der Waals surface area (Å²) in [5.41, 5.74) is 5.11. The lowest BCUT2D eigenvalue weighted by atomic mass is 9.98. The number of carbonyl (C=O) groups is 2. The van der Waals surface area contributed by atoms with E-state index >= 15 is 0 Å². The van der Waals surface area contributed by atoms with E-state index in [1.807, 2.05) is 36.4 Å². The average Bonchev–Trinajstić information content (AvgIpc) is 3.22. The number of alkyl carbamates (subject to hydrolysis) is 1. The van der Waals surface area contributed by atoms with Crippen LogP contribution in [0.1, 0.15) is 22.6 Å². The Balaban J connectivity index is 1.40. The molecule has 0 saturated heterocycles. The van der Waals surface area contributed by atoms with Crippen molar-refractivity contribution in [3.8, 4) is 28.4 Å². The SMILES string of the molecule is COc1ccc(C[C@@H](CNC(=O)OCC2c3ccccc3-c3ccccc32)C(=O)O)c(OC)c1OC. The minimum Gasteiger partial charge on any atom is -0.493 e. The van der Waals surface area contributed by atoms with Crippen LogP contribution in [0, 0.1) is 5.92 Å². The van der Waals surface area contributed by atoms with E-state index in [-0.39, 0.29) is 25.5 Å². The zero-order valence-electron chi connectivity index (χ0n) is 20.4. The molecule has 0 fully saturated rings. The largest absolute Gasteiger partial charge is 0.493 e. The van der Waals surface area contributed by atoms with Crippen molar-refractivity contribution in [3.63, 3.8) is 0 Å². The van der Waals surface area contributed by atoms with E-state index in [2.05, 4.69) is 17.4 Å². The van der Waals surface area contributed by atoms with Gasteiger partial charge in [0.15, 0.2) is 11.5 Å². The van der Waals surface area contributed by atoms with Crippen LogP contribution in [0.2, 0.25) is 0 Å². The molecule has 0 heterocycles. The molecule has 3 aromatic rings. The number of carbonyl (C=O) groups excluding carboxylic acids is 1. The van der Waals surface area contributed by atoms with E-state index in [1.165, 1.54) is 21.3 Å². The van der Waals surface area contributed by atoms with Gasteiger partial charge in [0.2, 0.25) is 5.75 Å². The van der Waals surface area contributed by atoms with Gasteiger partial charge in [0.25, 0.3) is 0 Å². The van der Waals surface area contributed by atoms with Crippen LogP contribution in [0.5, 0.6) is 17.2 Å². The molecule has 2 N–H and O–H groups in total. The Hall–Kier alpha value is -4.20. The molecule has 0 aromatic heterocycles. The number of amides is 1. The van der Waals surface area contributed by atoms with E-state index in [9.17, 15) is 14.7 Å². The second kappa shape index (κ2) is 11.0. The molecule has 0 bridgehead atoms. The normalized spacial score (nSPS) is 12.8. The summed E-state index contributed by atoms with van der Waals surface area (Å²) in [6, 6.07) is 19.5. The number of hydrogen-bond acceptors (Lipinski definition) is 6. The number of ether oxygens (including phenoxy) is 4. The van der Waals surface area contributed by atoms with Crippen LogP contribution in [0.3, 0.4) is 0 Å². The van der Waals surface area contributed by atoms with Crippen molar-refractivity contribution in [1.82, 2.24) is 5.32 Å². The molecule has 8 heteroatoms. The van der Waals surface area contributed by atoms with Gasteiger partial charge < -0.3 is 29.4 Å². The van der Waals surface area contributed by atoms with Crippen LogP contribution in [0.15, 0.2) is 60.7 Å². The van der Waals surface area contributed by atoms with Gasteiger partial charge in [-0.25, -0.2) is 4.79 Å². The molecule has 0 aliphatic heterocycles. The zero-order valence-corrected chi connectivity index (χ0v) is 20.4. The number of fused-ring (bicyclic) bond motifs is 3. The van der Waals surface area contributed by atoms with Crippen molar-refractivity contribution in [2.24, 2.45) is 5.92 Å². The summed E-state index contributed by atoms with van der Waals surface area (Å²) >= 11 is 0. The minimum absolute atomic E-state index is 0.0746. The van der Waals surface area contributed by atoms with Gasteiger partial charge in [-0.3, -0.25) is 4.79 Å². The molecule has 188 valence electrons. The number of aliphatic carboxylic acids is 1. The Labute approximate surface area is 209 Å². The second-order valence-corrected chi connectivity index (χ2v) is 8.44. The molecule has 0 saturated carbocycles. The molecule has 1 aliphatic carbocycles. The number of carboxylic acid groups (broad SMARTS) is 1. The third kappa shape index (κ3) is 4.93. The molecule has 0 unspecified atom stereocenters. The summed E-state index contributed by atoms with van der Waals surface area (Å²) in [5.74, 6) is -0.783. The van der Waals surface area contributed by atoms with Gasteiger partial charge in [-0.15, -0.1) is 0 Å². The lowest BCUT2D eigenvalue weighted by Gasteiger charge is -2.19. The summed E-state index contributed by atoms with van der Waals surface area (Å²) in [5, 5.41) is 12.4. The average molecular weight is 492 g/mol. The standard InChI is InChI=1S/C28H29NO7/c1-33-24-13-12-17(25(34-2)26(24)35-3)14-18(27(30)31)15-29-28(32)36-16-23-21-10-6-4-8-19(21)20-9-5-7-11-22(20)23/h4-13,18,23H,14-16H2,1-3H3,(H,29,32)(H,30,31)/t18-/m0/s1. The first-order valence-electron chi connectivity index (χ1n) is 11.6. The van der Waals surface area contributed by atoms with Crippen molar-refractivity contribution < 1.29 is 33.6 Å². The number of hydrogen-bond donors (Lipinski definition) is 2. The third-order valence-electron chi connectivity index (χ3n) is 6.44. The number of methoxy groups -OCH3 is 3. The maximum atomic E-state index is 12.5. The summed E-state index contributed by atoms with van der Waals surface area (Å²) in [4.78, 5) is 24.5. The van der Waals surface area contributed by atoms with Crippen molar-refractivity contribution >= 4 is 12.1 Å². The summed E-state index contributed by atoms with van der Waals surface area (Å²) in [7, 11) is 4.47. The molecule has 3 aromatic carbocycles. The molecule has 36 heavy (non-hydrogen) atoms. The lowest BCUT2D eigenvalue weighted by molar-refractivity contribution is -0.141. The van der Waals surface area contributed by atoms with Crippen LogP contribution in [0.25, 0.3) is 11.1 Å². The summed E-state index contributed by atoms with van der Waals surface area (Å²) in [6.45, 7) is 0.0462. The Morgan fingerprint density at radius 3 is 2.03 bits per heavy atom. The highest BCUT2D eigenvalue weighted by atomic mass is 16.5. The number of carboxylic acids is 1. The molecule has 8 nitrogen and oxygen atoms in total. The Morgan fingerprint density at radius 2 is 1.47 bits per heavy atom. The fraction of sp³-hybridized carbons (Fsp3) is 0.286. The molecule has 1 amide bonds. The second-order valence-electron chi connectivity index (χ2n) is 8.44. The topological polar surface area (TPSA) is 103 Å². The first kappa shape index (κ1) is 24.9. The molecular formula is C28H29NO7. The van der Waals surface area contributed by atoms with Crippen LogP contribution < -0.4 is 19.5 Å². The van der Waals surface area contributed by atoms with Gasteiger partial charge in [0, 0.05) is 12.5 Å². The highest BCUT2D eigenvalue weighted by Gasteiger charge is 2.29. The van der Waals surface area contributed by atoms with Gasteiger partial charge >= 0.3 is 12.1 Å². The quantitative estimate of drug-likeness (QED) is 0.431. The van der Waals surface area contributed by atoms with Gasteiger partial charge in [-0.2, -0.15) is 0 Å². The molecule has 0 spiro atoms. The van der Waals surface area contributed by atoms with E-state index in [1.54, 1.807) is 12.1 Å². The van der Waals surface area contributed by atoms with Crippen LogP contribution in [-0.4, -0.2) is 51.7 Å². The number of nitrogens with one attached hydrogen (secondary N) is 1. The van der Waals surface area contributed by atoms with E-state index < -0.39 is 18.0 Å². The van der Waals surface area contributed by atoms with Crippen molar-refractivity contribution in [2.45, 2.75) is 12.3 Å². The lowest BCUT2D eigenvalue weighted by Crippen LogP contribution is -2.35. The predicted octanol–water partition coefficient (Wildman–Crippen LogP) is 4.49. The monoisotopic (exact) mass is 491 g/mol. The fourth-order valence-electron chi connectivity index (χ4n) is 4.69. The summed E-state index contributed by atoms with van der Waals surface area (Å²) in [6.07, 6.45) is -0.551. The maximum Gasteiger partial charge on any atom is 0.407 e. The number of rotatable bonds is 10. The highest BCUT2D eigenvalue weighted by molar-refractivity contribution is 5.79. The Kier molecular flexibility index (Phi) is 7.63. The van der Waals surface area contributed by atoms with Crippen molar-refractivity contribution in [3.05, 3.63) is 77.4 Å². The van der Waals surface area contributed by atoms with Gasteiger partial charge in [0.05, 0.1) is 27.2 Å². The van der Waals surface area contributed by atoms with Gasteiger partial charge in [0.1, 0.15) is 6.61 Å². The van der Waals surface area contributed by atoms with Crippen molar-refractivity contribution in [2.75, 3.05) is 34.5 Å². The Morgan fingerprint density at radius 1 is 0.861 bits per heavy atom. The third-order valence-corrected chi connectivity index (χ3v) is 6.44. The predicted molar refractivity (Wildman–Crippen MR) is 134 cm³/mol. The maximum absolute atomic E-state index is 12.5. The molecule has 1 aliphatic rings. The van der Waals surface area contributed by atoms with Crippen LogP contribution in [-0.2, 0) is 16.0 Å².